The molecule has 1 saturated heterocycles. The summed E-state index contributed by atoms with van der Waals surface area (Å²) >= 11 is 3.31. The smallest absolute Gasteiger partial charge is 0.246 e. The quantitative estimate of drug-likeness (QED) is 0.874. The van der Waals surface area contributed by atoms with Crippen LogP contribution in [0.5, 0.6) is 5.75 Å². The van der Waals surface area contributed by atoms with E-state index in [0.29, 0.717) is 25.4 Å². The lowest BCUT2D eigenvalue weighted by atomic mass is 10.2. The Balaban J connectivity index is 2.40. The van der Waals surface area contributed by atoms with Crippen LogP contribution < -0.4 is 10.1 Å². The molecule has 0 radical (unpaired) electrons. The van der Waals surface area contributed by atoms with E-state index in [9.17, 15) is 8.42 Å². The van der Waals surface area contributed by atoms with Gasteiger partial charge in [0.05, 0.1) is 6.61 Å². The summed E-state index contributed by atoms with van der Waals surface area (Å²) in [6.45, 7) is 3.64. The first-order valence-corrected chi connectivity index (χ1v) is 8.31. The molecule has 5 nitrogen and oxygen atoms in total. The van der Waals surface area contributed by atoms with E-state index in [1.165, 1.54) is 4.31 Å². The summed E-state index contributed by atoms with van der Waals surface area (Å²) in [4.78, 5) is 0.207. The Bertz CT molecular complexity index is 558. The molecule has 1 N–H and O–H groups in total. The number of rotatable bonds is 5. The second-order valence-corrected chi connectivity index (χ2v) is 7.24. The van der Waals surface area contributed by atoms with Crippen molar-refractivity contribution < 1.29 is 13.2 Å². The van der Waals surface area contributed by atoms with E-state index in [4.69, 9.17) is 4.74 Å². The minimum atomic E-state index is -3.54. The fraction of sp³-hybridized carbons (Fsp3) is 0.500. The van der Waals surface area contributed by atoms with Gasteiger partial charge in [0.15, 0.2) is 0 Å². The summed E-state index contributed by atoms with van der Waals surface area (Å²) < 4.78 is 32.8. The Morgan fingerprint density at radius 2 is 2.16 bits per heavy atom. The standard InChI is InChI=1S/C12H17BrN2O3S/c1-3-18-11-5-4-9(13)6-12(11)19(16,17)15(2)10-7-14-8-10/h4-6,10,14H,3,7-8H2,1-2H3. The molecule has 0 aliphatic carbocycles. The summed E-state index contributed by atoms with van der Waals surface area (Å²) in [6, 6.07) is 5.05. The zero-order valence-corrected chi connectivity index (χ0v) is 13.3. The van der Waals surface area contributed by atoms with Crippen molar-refractivity contribution in [3.8, 4) is 5.75 Å². The molecule has 1 heterocycles. The van der Waals surface area contributed by atoms with Crippen LogP contribution in [0.3, 0.4) is 0 Å². The molecule has 106 valence electrons. The molecule has 0 spiro atoms. The van der Waals surface area contributed by atoms with Crippen LogP contribution in [0.4, 0.5) is 0 Å². The highest BCUT2D eigenvalue weighted by molar-refractivity contribution is 9.10. The van der Waals surface area contributed by atoms with Gasteiger partial charge < -0.3 is 10.1 Å². The summed E-state index contributed by atoms with van der Waals surface area (Å²) in [5.41, 5.74) is 0. The van der Waals surface area contributed by atoms with Crippen molar-refractivity contribution in [1.82, 2.24) is 9.62 Å². The number of nitrogens with zero attached hydrogens (tertiary/aromatic N) is 1. The van der Waals surface area contributed by atoms with Gasteiger partial charge in [-0.2, -0.15) is 4.31 Å². The number of hydrogen-bond acceptors (Lipinski definition) is 4. The Morgan fingerprint density at radius 1 is 1.47 bits per heavy atom. The van der Waals surface area contributed by atoms with E-state index in [2.05, 4.69) is 21.2 Å². The summed E-state index contributed by atoms with van der Waals surface area (Å²) in [7, 11) is -1.93. The van der Waals surface area contributed by atoms with Crippen LogP contribution in [0.2, 0.25) is 0 Å². The molecule has 0 saturated carbocycles. The third kappa shape index (κ3) is 2.94. The van der Waals surface area contributed by atoms with Crippen molar-refractivity contribution in [2.24, 2.45) is 0 Å². The topological polar surface area (TPSA) is 58.6 Å². The molecule has 1 fully saturated rings. The van der Waals surface area contributed by atoms with E-state index in [1.807, 2.05) is 6.92 Å². The van der Waals surface area contributed by atoms with Gasteiger partial charge in [-0.15, -0.1) is 0 Å². The zero-order valence-electron chi connectivity index (χ0n) is 10.9. The number of hydrogen-bond donors (Lipinski definition) is 1. The van der Waals surface area contributed by atoms with Crippen molar-refractivity contribution in [3.63, 3.8) is 0 Å². The third-order valence-corrected chi connectivity index (χ3v) is 5.56. The van der Waals surface area contributed by atoms with E-state index < -0.39 is 10.0 Å². The van der Waals surface area contributed by atoms with Gasteiger partial charge in [-0.05, 0) is 25.1 Å². The zero-order chi connectivity index (χ0) is 14.0. The number of sulfonamides is 1. The van der Waals surface area contributed by atoms with Gasteiger partial charge in [-0.1, -0.05) is 15.9 Å². The highest BCUT2D eigenvalue weighted by Crippen LogP contribution is 2.30. The van der Waals surface area contributed by atoms with Crippen LogP contribution in [0.25, 0.3) is 0 Å². The number of benzene rings is 1. The lowest BCUT2D eigenvalue weighted by molar-refractivity contribution is 0.272. The van der Waals surface area contributed by atoms with Crippen LogP contribution >= 0.6 is 15.9 Å². The molecule has 1 aliphatic rings. The van der Waals surface area contributed by atoms with E-state index in [0.717, 1.165) is 4.47 Å². The van der Waals surface area contributed by atoms with Crippen molar-refractivity contribution in [2.75, 3.05) is 26.7 Å². The lowest BCUT2D eigenvalue weighted by Gasteiger charge is -2.34. The average Bonchev–Trinajstić information content (AvgIpc) is 2.29. The SMILES string of the molecule is CCOc1ccc(Br)cc1S(=O)(=O)N(C)C1CNC1. The summed E-state index contributed by atoms with van der Waals surface area (Å²) in [6.07, 6.45) is 0. The van der Waals surface area contributed by atoms with Crippen LogP contribution in [-0.4, -0.2) is 45.5 Å². The second-order valence-electron chi connectivity index (χ2n) is 4.36. The molecular weight excluding hydrogens is 332 g/mol. The molecule has 0 amide bonds. The van der Waals surface area contributed by atoms with Gasteiger partial charge >= 0.3 is 0 Å². The summed E-state index contributed by atoms with van der Waals surface area (Å²) in [5, 5.41) is 3.07. The Hall–Kier alpha value is -0.630. The highest BCUT2D eigenvalue weighted by Gasteiger charge is 2.33. The molecule has 7 heteroatoms. The normalized spacial score (nSPS) is 16.4. The highest BCUT2D eigenvalue weighted by atomic mass is 79.9. The number of nitrogens with one attached hydrogen (secondary N) is 1. The Morgan fingerprint density at radius 3 is 2.68 bits per heavy atom. The minimum absolute atomic E-state index is 0.0125. The van der Waals surface area contributed by atoms with Gasteiger partial charge in [0, 0.05) is 30.7 Å². The number of halogens is 1. The third-order valence-electron chi connectivity index (χ3n) is 3.14. The second kappa shape index (κ2) is 5.78. The maximum Gasteiger partial charge on any atom is 0.246 e. The van der Waals surface area contributed by atoms with E-state index in [-0.39, 0.29) is 10.9 Å². The first-order valence-electron chi connectivity index (χ1n) is 6.08. The first-order chi connectivity index (χ1) is 8.96. The van der Waals surface area contributed by atoms with Gasteiger partial charge in [0.1, 0.15) is 10.6 Å². The Kier molecular flexibility index (Phi) is 4.50. The first kappa shape index (κ1) is 14.8. The molecular formula is C12H17BrN2O3S. The molecule has 0 atom stereocenters. The molecule has 0 unspecified atom stereocenters. The Labute approximate surface area is 122 Å². The van der Waals surface area contributed by atoms with Crippen molar-refractivity contribution in [2.45, 2.75) is 17.9 Å². The van der Waals surface area contributed by atoms with Crippen LogP contribution in [0.15, 0.2) is 27.6 Å². The fourth-order valence-corrected chi connectivity index (χ4v) is 3.86. The largest absolute Gasteiger partial charge is 0.492 e. The van der Waals surface area contributed by atoms with Gasteiger partial charge in [-0.3, -0.25) is 0 Å². The van der Waals surface area contributed by atoms with Gasteiger partial charge in [-0.25, -0.2) is 8.42 Å². The van der Waals surface area contributed by atoms with Crippen LogP contribution in [-0.2, 0) is 10.0 Å². The monoisotopic (exact) mass is 348 g/mol. The number of ether oxygens (including phenoxy) is 1. The van der Waals surface area contributed by atoms with Crippen LogP contribution in [0.1, 0.15) is 6.92 Å². The summed E-state index contributed by atoms with van der Waals surface area (Å²) in [5.74, 6) is 0.393. The van der Waals surface area contributed by atoms with E-state index in [1.54, 1.807) is 25.2 Å². The van der Waals surface area contributed by atoms with Crippen LogP contribution in [0, 0.1) is 0 Å². The maximum absolute atomic E-state index is 12.6. The number of likely N-dealkylation sites (N-methyl/N-ethyl adjacent to an activating group) is 1. The van der Waals surface area contributed by atoms with Crippen molar-refractivity contribution in [3.05, 3.63) is 22.7 Å². The predicted octanol–water partition coefficient (Wildman–Crippen LogP) is 1.44. The van der Waals surface area contributed by atoms with Gasteiger partial charge in [0.2, 0.25) is 10.0 Å². The fourth-order valence-electron chi connectivity index (χ4n) is 1.84. The molecule has 2 rings (SSSR count). The molecule has 19 heavy (non-hydrogen) atoms. The molecule has 1 aromatic carbocycles. The minimum Gasteiger partial charge on any atom is -0.492 e. The molecule has 0 bridgehead atoms. The molecule has 1 aliphatic heterocycles. The lowest BCUT2D eigenvalue weighted by Crippen LogP contribution is -2.57. The molecule has 1 aromatic rings. The average molecular weight is 349 g/mol. The predicted molar refractivity (Wildman–Crippen MR) is 76.9 cm³/mol. The molecule has 0 aromatic heterocycles. The maximum atomic E-state index is 12.6. The van der Waals surface area contributed by atoms with Gasteiger partial charge in [0.25, 0.3) is 0 Å². The van der Waals surface area contributed by atoms with Crippen molar-refractivity contribution in [1.29, 1.82) is 0 Å². The van der Waals surface area contributed by atoms with Crippen molar-refractivity contribution >= 4 is 26.0 Å². The van der Waals surface area contributed by atoms with E-state index >= 15 is 0 Å².